The zero-order valence-corrected chi connectivity index (χ0v) is 13.9. The fraction of sp³-hybridized carbons (Fsp3) is 0.667. The smallest absolute Gasteiger partial charge is 0.407 e. The molecule has 1 saturated carbocycles. The third-order valence-corrected chi connectivity index (χ3v) is 3.47. The number of carbonyl (C=O) groups excluding carboxylic acids is 1. The molecular weight excluding hydrogens is 306 g/mol. The van der Waals surface area contributed by atoms with Crippen molar-refractivity contribution in [3.63, 3.8) is 0 Å². The van der Waals surface area contributed by atoms with E-state index in [0.717, 1.165) is 25.7 Å². The van der Waals surface area contributed by atoms with Crippen LogP contribution in [0.2, 0.25) is 5.28 Å². The van der Waals surface area contributed by atoms with E-state index in [9.17, 15) is 4.79 Å². The summed E-state index contributed by atoms with van der Waals surface area (Å²) in [4.78, 5) is 19.6. The van der Waals surface area contributed by atoms with Crippen molar-refractivity contribution in [1.29, 1.82) is 0 Å². The zero-order valence-electron chi connectivity index (χ0n) is 13.1. The summed E-state index contributed by atoms with van der Waals surface area (Å²) in [5, 5.41) is 3.08. The molecule has 122 valence electrons. The lowest BCUT2D eigenvalue weighted by Gasteiger charge is -2.30. The second-order valence-corrected chi connectivity index (χ2v) is 6.74. The van der Waals surface area contributed by atoms with Gasteiger partial charge in [-0.25, -0.2) is 9.78 Å². The number of rotatable bonds is 3. The van der Waals surface area contributed by atoms with Crippen molar-refractivity contribution in [3.8, 4) is 5.88 Å². The average molecular weight is 328 g/mol. The van der Waals surface area contributed by atoms with Crippen LogP contribution in [-0.4, -0.2) is 33.8 Å². The molecule has 1 aliphatic carbocycles. The molecule has 1 aromatic rings. The van der Waals surface area contributed by atoms with Crippen LogP contribution in [0.5, 0.6) is 5.88 Å². The normalized spacial score (nSPS) is 22.0. The van der Waals surface area contributed by atoms with E-state index >= 15 is 0 Å². The van der Waals surface area contributed by atoms with Crippen LogP contribution in [0.25, 0.3) is 0 Å². The molecule has 1 N–H and O–H groups in total. The lowest BCUT2D eigenvalue weighted by Crippen LogP contribution is -2.42. The predicted octanol–water partition coefficient (Wildman–Crippen LogP) is 3.34. The Morgan fingerprint density at radius 1 is 1.32 bits per heavy atom. The van der Waals surface area contributed by atoms with Gasteiger partial charge in [0.25, 0.3) is 0 Å². The highest BCUT2D eigenvalue weighted by molar-refractivity contribution is 6.28. The monoisotopic (exact) mass is 327 g/mol. The van der Waals surface area contributed by atoms with Gasteiger partial charge in [0.05, 0.1) is 0 Å². The molecule has 0 saturated heterocycles. The number of carbonyl (C=O) groups is 1. The van der Waals surface area contributed by atoms with Crippen LogP contribution in [-0.2, 0) is 4.74 Å². The van der Waals surface area contributed by atoms with Gasteiger partial charge in [0.15, 0.2) is 0 Å². The molecule has 0 aromatic carbocycles. The summed E-state index contributed by atoms with van der Waals surface area (Å²) < 4.78 is 11.1. The van der Waals surface area contributed by atoms with Crippen molar-refractivity contribution in [2.24, 2.45) is 0 Å². The van der Waals surface area contributed by atoms with Gasteiger partial charge >= 0.3 is 6.09 Å². The topological polar surface area (TPSA) is 73.3 Å². The molecule has 0 radical (unpaired) electrons. The molecule has 7 heteroatoms. The molecule has 6 nitrogen and oxygen atoms in total. The van der Waals surface area contributed by atoms with Crippen molar-refractivity contribution < 1.29 is 14.3 Å². The van der Waals surface area contributed by atoms with Crippen LogP contribution in [0.3, 0.4) is 0 Å². The first kappa shape index (κ1) is 16.8. The number of amides is 1. The number of halogens is 1. The number of aromatic nitrogens is 2. The third kappa shape index (κ3) is 5.67. The zero-order chi connectivity index (χ0) is 16.2. The Bertz CT molecular complexity index is 511. The van der Waals surface area contributed by atoms with Gasteiger partial charge in [-0.05, 0) is 58.1 Å². The molecule has 1 aliphatic rings. The van der Waals surface area contributed by atoms with E-state index in [2.05, 4.69) is 15.3 Å². The Kier molecular flexibility index (Phi) is 5.45. The Hall–Kier alpha value is -1.56. The van der Waals surface area contributed by atoms with Crippen molar-refractivity contribution in [2.45, 2.75) is 64.2 Å². The number of alkyl carbamates (subject to hydrolysis) is 1. The van der Waals surface area contributed by atoms with Crippen LogP contribution in [0.1, 0.15) is 46.5 Å². The van der Waals surface area contributed by atoms with Gasteiger partial charge in [0.1, 0.15) is 11.7 Å². The number of ether oxygens (including phenoxy) is 2. The Morgan fingerprint density at radius 3 is 2.59 bits per heavy atom. The quantitative estimate of drug-likeness (QED) is 0.862. The van der Waals surface area contributed by atoms with E-state index in [1.54, 1.807) is 12.3 Å². The van der Waals surface area contributed by atoms with Crippen molar-refractivity contribution >= 4 is 17.7 Å². The highest BCUT2D eigenvalue weighted by Gasteiger charge is 2.25. The van der Waals surface area contributed by atoms with E-state index in [0.29, 0.717) is 5.88 Å². The predicted molar refractivity (Wildman–Crippen MR) is 83.1 cm³/mol. The Morgan fingerprint density at radius 2 is 2.00 bits per heavy atom. The standard InChI is InChI=1S/C15H22ClN3O3/c1-15(2,3)22-14(20)18-10-4-6-11(7-5-10)21-12-8-9-17-13(16)19-12/h8-11H,4-7H2,1-3H3,(H,18,20)/t10-,11-. The molecule has 0 spiro atoms. The van der Waals surface area contributed by atoms with Crippen LogP contribution < -0.4 is 10.1 Å². The lowest BCUT2D eigenvalue weighted by molar-refractivity contribution is 0.0469. The molecule has 2 rings (SSSR count). The lowest BCUT2D eigenvalue weighted by atomic mass is 9.93. The first-order valence-corrected chi connectivity index (χ1v) is 7.84. The van der Waals surface area contributed by atoms with E-state index in [1.165, 1.54) is 0 Å². The van der Waals surface area contributed by atoms with Crippen molar-refractivity contribution in [2.75, 3.05) is 0 Å². The minimum atomic E-state index is -0.476. The molecular formula is C15H22ClN3O3. The van der Waals surface area contributed by atoms with Crippen LogP contribution >= 0.6 is 11.6 Å². The summed E-state index contributed by atoms with van der Waals surface area (Å²) in [6.45, 7) is 5.55. The second kappa shape index (κ2) is 7.13. The van der Waals surface area contributed by atoms with E-state index in [-0.39, 0.29) is 23.5 Å². The maximum absolute atomic E-state index is 11.7. The molecule has 1 fully saturated rings. The maximum atomic E-state index is 11.7. The van der Waals surface area contributed by atoms with E-state index in [1.807, 2.05) is 20.8 Å². The van der Waals surface area contributed by atoms with Crippen LogP contribution in [0, 0.1) is 0 Å². The highest BCUT2D eigenvalue weighted by atomic mass is 35.5. The summed E-state index contributed by atoms with van der Waals surface area (Å²) in [6.07, 6.45) is 4.69. The maximum Gasteiger partial charge on any atom is 0.407 e. The average Bonchev–Trinajstić information content (AvgIpc) is 2.39. The summed E-state index contributed by atoms with van der Waals surface area (Å²) >= 11 is 5.73. The highest BCUT2D eigenvalue weighted by Crippen LogP contribution is 2.23. The van der Waals surface area contributed by atoms with Gasteiger partial charge in [-0.3, -0.25) is 0 Å². The Labute approximate surface area is 135 Å². The number of hydrogen-bond acceptors (Lipinski definition) is 5. The van der Waals surface area contributed by atoms with Crippen LogP contribution in [0.15, 0.2) is 12.3 Å². The van der Waals surface area contributed by atoms with Crippen LogP contribution in [0.4, 0.5) is 4.79 Å². The van der Waals surface area contributed by atoms with Crippen molar-refractivity contribution in [1.82, 2.24) is 15.3 Å². The van der Waals surface area contributed by atoms with Gasteiger partial charge in [-0.15, -0.1) is 0 Å². The minimum absolute atomic E-state index is 0.0858. The molecule has 0 bridgehead atoms. The number of nitrogens with zero attached hydrogens (tertiary/aromatic N) is 2. The van der Waals surface area contributed by atoms with E-state index < -0.39 is 5.60 Å². The first-order chi connectivity index (χ1) is 10.3. The number of hydrogen-bond donors (Lipinski definition) is 1. The fourth-order valence-corrected chi connectivity index (χ4v) is 2.49. The van der Waals surface area contributed by atoms with Crippen molar-refractivity contribution in [3.05, 3.63) is 17.5 Å². The molecule has 1 heterocycles. The second-order valence-electron chi connectivity index (χ2n) is 6.40. The molecule has 22 heavy (non-hydrogen) atoms. The van der Waals surface area contributed by atoms with Gasteiger partial charge in [0.2, 0.25) is 11.2 Å². The van der Waals surface area contributed by atoms with Gasteiger partial charge < -0.3 is 14.8 Å². The number of nitrogens with one attached hydrogen (secondary N) is 1. The Balaban J connectivity index is 1.75. The molecule has 0 unspecified atom stereocenters. The molecule has 1 amide bonds. The summed E-state index contributed by atoms with van der Waals surface area (Å²) in [5.74, 6) is 0.489. The van der Waals surface area contributed by atoms with Gasteiger partial charge in [-0.2, -0.15) is 4.98 Å². The fourth-order valence-electron chi connectivity index (χ4n) is 2.36. The molecule has 0 atom stereocenters. The third-order valence-electron chi connectivity index (χ3n) is 3.28. The summed E-state index contributed by atoms with van der Waals surface area (Å²) in [6, 6.07) is 1.82. The van der Waals surface area contributed by atoms with Gasteiger partial charge in [-0.1, -0.05) is 0 Å². The SMILES string of the molecule is CC(C)(C)OC(=O)N[C@H]1CC[C@H](Oc2ccnc(Cl)n2)CC1. The summed E-state index contributed by atoms with van der Waals surface area (Å²) in [5.41, 5.74) is -0.476. The molecule has 0 aliphatic heterocycles. The largest absolute Gasteiger partial charge is 0.474 e. The summed E-state index contributed by atoms with van der Waals surface area (Å²) in [7, 11) is 0. The first-order valence-electron chi connectivity index (χ1n) is 7.46. The van der Waals surface area contributed by atoms with Gasteiger partial charge in [0, 0.05) is 18.3 Å². The minimum Gasteiger partial charge on any atom is -0.474 e. The molecule has 1 aromatic heterocycles. The van der Waals surface area contributed by atoms with E-state index in [4.69, 9.17) is 21.1 Å².